The maximum absolute atomic E-state index is 13.1. The third-order valence-electron chi connectivity index (χ3n) is 3.97. The van der Waals surface area contributed by atoms with E-state index < -0.39 is 0 Å². The van der Waals surface area contributed by atoms with E-state index in [1.807, 2.05) is 0 Å². The van der Waals surface area contributed by atoms with E-state index in [4.69, 9.17) is 10.5 Å². The van der Waals surface area contributed by atoms with Crippen LogP contribution in [-0.2, 0) is 4.79 Å². The highest BCUT2D eigenvalue weighted by atomic mass is 19.1. The van der Waals surface area contributed by atoms with Crippen molar-refractivity contribution in [2.45, 2.75) is 19.3 Å². The van der Waals surface area contributed by atoms with Crippen molar-refractivity contribution in [1.82, 2.24) is 10.2 Å². The highest BCUT2D eigenvalue weighted by molar-refractivity contribution is 5.80. The molecule has 1 unspecified atom stereocenters. The fraction of sp³-hybridized carbons (Fsp3) is 0.529. The number of amides is 1. The molecular weight excluding hydrogens is 311 g/mol. The molecule has 1 aliphatic rings. The van der Waals surface area contributed by atoms with Gasteiger partial charge < -0.3 is 20.7 Å². The summed E-state index contributed by atoms with van der Waals surface area (Å²) >= 11 is 0. The molecule has 1 aliphatic heterocycles. The first-order valence-corrected chi connectivity index (χ1v) is 8.20. The summed E-state index contributed by atoms with van der Waals surface area (Å²) in [7, 11) is 1.73. The zero-order chi connectivity index (χ0) is 17.4. The Kier molecular flexibility index (Phi) is 6.84. The summed E-state index contributed by atoms with van der Waals surface area (Å²) in [4.78, 5) is 17.5. The Labute approximate surface area is 141 Å². The molecule has 0 radical (unpaired) electrons. The fourth-order valence-electron chi connectivity index (χ4n) is 2.93. The van der Waals surface area contributed by atoms with Gasteiger partial charge in [-0.05, 0) is 30.9 Å². The quantitative estimate of drug-likeness (QED) is 0.467. The Morgan fingerprint density at radius 2 is 2.38 bits per heavy atom. The Morgan fingerprint density at radius 3 is 3.08 bits per heavy atom. The standard InChI is InChI=1S/C17H25FN4O2/c1-20-17(22-8-3-4-13(12-22)10-16(19)23)21-7-9-24-15-6-2-5-14(18)11-15/h2,5-6,11,13H,3-4,7-10,12H2,1H3,(H2,19,23)(H,20,21). The van der Waals surface area contributed by atoms with E-state index in [0.717, 1.165) is 31.9 Å². The number of likely N-dealkylation sites (tertiary alicyclic amines) is 1. The maximum atomic E-state index is 13.1. The van der Waals surface area contributed by atoms with Gasteiger partial charge in [0.1, 0.15) is 18.2 Å². The lowest BCUT2D eigenvalue weighted by molar-refractivity contribution is -0.119. The van der Waals surface area contributed by atoms with Crippen LogP contribution in [0.5, 0.6) is 5.75 Å². The third kappa shape index (κ3) is 5.72. The summed E-state index contributed by atoms with van der Waals surface area (Å²) in [5, 5.41) is 3.24. The lowest BCUT2D eigenvalue weighted by Gasteiger charge is -2.34. The Bertz CT molecular complexity index is 579. The second-order valence-electron chi connectivity index (χ2n) is 5.90. The number of guanidine groups is 1. The van der Waals surface area contributed by atoms with Gasteiger partial charge in [0, 0.05) is 32.6 Å². The second kappa shape index (κ2) is 9.10. The van der Waals surface area contributed by atoms with Gasteiger partial charge in [-0.3, -0.25) is 9.79 Å². The number of halogens is 1. The normalized spacial score (nSPS) is 18.3. The summed E-state index contributed by atoms with van der Waals surface area (Å²) in [5.41, 5.74) is 5.29. The zero-order valence-electron chi connectivity index (χ0n) is 14.0. The molecule has 132 valence electrons. The third-order valence-corrected chi connectivity index (χ3v) is 3.97. The first kappa shape index (κ1) is 18.0. The highest BCUT2D eigenvalue weighted by Gasteiger charge is 2.23. The number of rotatable bonds is 6. The van der Waals surface area contributed by atoms with E-state index in [-0.39, 0.29) is 17.6 Å². The van der Waals surface area contributed by atoms with E-state index in [9.17, 15) is 9.18 Å². The number of nitrogens with two attached hydrogens (primary N) is 1. The van der Waals surface area contributed by atoms with E-state index >= 15 is 0 Å². The number of aliphatic imine (C=N–C) groups is 1. The number of benzene rings is 1. The van der Waals surface area contributed by atoms with Crippen LogP contribution in [0.1, 0.15) is 19.3 Å². The molecule has 0 aliphatic carbocycles. The molecule has 2 rings (SSSR count). The molecule has 1 heterocycles. The summed E-state index contributed by atoms with van der Waals surface area (Å²) in [6, 6.07) is 6.07. The summed E-state index contributed by atoms with van der Waals surface area (Å²) < 4.78 is 18.6. The van der Waals surface area contributed by atoms with Crippen molar-refractivity contribution in [3.05, 3.63) is 30.1 Å². The number of primary amides is 1. The average Bonchev–Trinajstić information content (AvgIpc) is 2.54. The minimum absolute atomic E-state index is 0.256. The van der Waals surface area contributed by atoms with Crippen molar-refractivity contribution in [2.75, 3.05) is 33.3 Å². The molecule has 6 nitrogen and oxygen atoms in total. The van der Waals surface area contributed by atoms with Crippen LogP contribution in [0.15, 0.2) is 29.3 Å². The monoisotopic (exact) mass is 336 g/mol. The van der Waals surface area contributed by atoms with Crippen LogP contribution in [0.4, 0.5) is 4.39 Å². The molecule has 0 saturated carbocycles. The van der Waals surface area contributed by atoms with Crippen molar-refractivity contribution in [3.63, 3.8) is 0 Å². The molecule has 7 heteroatoms. The molecule has 3 N–H and O–H groups in total. The minimum Gasteiger partial charge on any atom is -0.492 e. The number of hydrogen-bond donors (Lipinski definition) is 2. The Balaban J connectivity index is 1.76. The fourth-order valence-corrected chi connectivity index (χ4v) is 2.93. The minimum atomic E-state index is -0.315. The van der Waals surface area contributed by atoms with Crippen LogP contribution in [-0.4, -0.2) is 50.1 Å². The van der Waals surface area contributed by atoms with Gasteiger partial charge in [-0.1, -0.05) is 6.07 Å². The smallest absolute Gasteiger partial charge is 0.217 e. The van der Waals surface area contributed by atoms with Crippen molar-refractivity contribution in [2.24, 2.45) is 16.6 Å². The SMILES string of the molecule is CN=C(NCCOc1cccc(F)c1)N1CCCC(CC(N)=O)C1. The van der Waals surface area contributed by atoms with Gasteiger partial charge in [0.25, 0.3) is 0 Å². The van der Waals surface area contributed by atoms with Crippen molar-refractivity contribution >= 4 is 11.9 Å². The number of nitrogens with zero attached hydrogens (tertiary/aromatic N) is 2. The summed E-state index contributed by atoms with van der Waals surface area (Å²) in [6.07, 6.45) is 2.44. The van der Waals surface area contributed by atoms with Gasteiger partial charge in [-0.15, -0.1) is 0 Å². The van der Waals surface area contributed by atoms with E-state index in [1.54, 1.807) is 19.2 Å². The summed E-state index contributed by atoms with van der Waals surface area (Å²) in [5.74, 6) is 0.995. The van der Waals surface area contributed by atoms with E-state index in [0.29, 0.717) is 25.3 Å². The largest absolute Gasteiger partial charge is 0.492 e. The topological polar surface area (TPSA) is 80.0 Å². The Hall–Kier alpha value is -2.31. The number of hydrogen-bond acceptors (Lipinski definition) is 3. The molecule has 1 amide bonds. The number of nitrogens with one attached hydrogen (secondary N) is 1. The van der Waals surface area contributed by atoms with Gasteiger partial charge >= 0.3 is 0 Å². The van der Waals surface area contributed by atoms with Crippen LogP contribution < -0.4 is 15.8 Å². The van der Waals surface area contributed by atoms with E-state index in [2.05, 4.69) is 15.2 Å². The number of ether oxygens (including phenoxy) is 1. The van der Waals surface area contributed by atoms with Crippen molar-refractivity contribution in [1.29, 1.82) is 0 Å². The van der Waals surface area contributed by atoms with Crippen LogP contribution >= 0.6 is 0 Å². The number of carbonyl (C=O) groups excluding carboxylic acids is 1. The predicted octanol–water partition coefficient (Wildman–Crippen LogP) is 1.37. The molecule has 1 aromatic carbocycles. The van der Waals surface area contributed by atoms with Crippen LogP contribution in [0.25, 0.3) is 0 Å². The molecule has 0 aromatic heterocycles. The van der Waals surface area contributed by atoms with Crippen LogP contribution in [0.3, 0.4) is 0 Å². The van der Waals surface area contributed by atoms with Gasteiger partial charge in [-0.25, -0.2) is 4.39 Å². The van der Waals surface area contributed by atoms with Gasteiger partial charge in [0.15, 0.2) is 5.96 Å². The van der Waals surface area contributed by atoms with Crippen molar-refractivity contribution < 1.29 is 13.9 Å². The maximum Gasteiger partial charge on any atom is 0.217 e. The molecule has 24 heavy (non-hydrogen) atoms. The first-order valence-electron chi connectivity index (χ1n) is 8.20. The van der Waals surface area contributed by atoms with Gasteiger partial charge in [0.05, 0.1) is 6.54 Å². The second-order valence-corrected chi connectivity index (χ2v) is 5.90. The van der Waals surface area contributed by atoms with Crippen LogP contribution in [0, 0.1) is 11.7 Å². The molecule has 0 bridgehead atoms. The summed E-state index contributed by atoms with van der Waals surface area (Å²) in [6.45, 7) is 2.63. The molecular formula is C17H25FN4O2. The lowest BCUT2D eigenvalue weighted by atomic mass is 9.95. The number of piperidine rings is 1. The van der Waals surface area contributed by atoms with Gasteiger partial charge in [-0.2, -0.15) is 0 Å². The molecule has 1 saturated heterocycles. The van der Waals surface area contributed by atoms with E-state index in [1.165, 1.54) is 12.1 Å². The van der Waals surface area contributed by atoms with Crippen LogP contribution in [0.2, 0.25) is 0 Å². The average molecular weight is 336 g/mol. The molecule has 1 aromatic rings. The predicted molar refractivity (Wildman–Crippen MR) is 91.4 cm³/mol. The first-order chi connectivity index (χ1) is 11.6. The highest BCUT2D eigenvalue weighted by Crippen LogP contribution is 2.19. The van der Waals surface area contributed by atoms with Crippen molar-refractivity contribution in [3.8, 4) is 5.75 Å². The lowest BCUT2D eigenvalue weighted by Crippen LogP contribution is -2.48. The van der Waals surface area contributed by atoms with Gasteiger partial charge in [0.2, 0.25) is 5.91 Å². The number of carbonyl (C=O) groups is 1. The molecule has 1 atom stereocenters. The molecule has 1 fully saturated rings. The molecule has 0 spiro atoms. The Morgan fingerprint density at radius 1 is 1.54 bits per heavy atom. The zero-order valence-corrected chi connectivity index (χ0v) is 14.0.